The summed E-state index contributed by atoms with van der Waals surface area (Å²) in [5.41, 5.74) is 9.82. The Morgan fingerprint density at radius 2 is 1.93 bits per heavy atom. The van der Waals surface area contributed by atoms with Gasteiger partial charge in [0.1, 0.15) is 5.75 Å². The summed E-state index contributed by atoms with van der Waals surface area (Å²) in [6, 6.07) is 16.9. The predicted octanol–water partition coefficient (Wildman–Crippen LogP) is 4.62. The molecule has 2 N–H and O–H groups in total. The van der Waals surface area contributed by atoms with E-state index < -0.39 is 0 Å². The minimum absolute atomic E-state index is 0.0294. The number of carbonyl (C=O) groups excluding carboxylic acids is 1. The molecule has 1 fully saturated rings. The first-order valence-electron chi connectivity index (χ1n) is 10.1. The highest BCUT2D eigenvalue weighted by Crippen LogP contribution is 2.36. The molecule has 1 amide bonds. The summed E-state index contributed by atoms with van der Waals surface area (Å²) in [7, 11) is 3.51. The molecule has 1 saturated heterocycles. The molecular weight excluding hydrogens is 348 g/mol. The number of benzene rings is 2. The van der Waals surface area contributed by atoms with E-state index in [4.69, 9.17) is 10.5 Å². The third kappa shape index (κ3) is 4.93. The standard InChI is InChI=1S/C24H32N2O2/c1-24(14-5-8-22(25)26(2)23(27)17-24)15-13-18-6-4-7-20(16-18)19-9-11-21(28-3)12-10-19/h4,6-7,9-12,16,22H,5,8,13-15,17,25H2,1-3H3. The Morgan fingerprint density at radius 1 is 1.18 bits per heavy atom. The molecule has 0 radical (unpaired) electrons. The lowest BCUT2D eigenvalue weighted by Gasteiger charge is -2.36. The van der Waals surface area contributed by atoms with Crippen LogP contribution in [0.5, 0.6) is 5.75 Å². The fraction of sp³-hybridized carbons (Fsp3) is 0.458. The van der Waals surface area contributed by atoms with Crippen molar-refractivity contribution in [2.24, 2.45) is 11.1 Å². The Bertz CT molecular complexity index is 803. The first-order valence-corrected chi connectivity index (χ1v) is 10.1. The SMILES string of the molecule is COc1ccc(-c2cccc(CCC3(C)CCCC(N)N(C)C(=O)C3)c2)cc1. The van der Waals surface area contributed by atoms with E-state index in [2.05, 4.69) is 43.3 Å². The van der Waals surface area contributed by atoms with Crippen LogP contribution in [0.2, 0.25) is 0 Å². The van der Waals surface area contributed by atoms with Crippen LogP contribution in [0, 0.1) is 5.41 Å². The molecule has 4 nitrogen and oxygen atoms in total. The van der Waals surface area contributed by atoms with Crippen molar-refractivity contribution < 1.29 is 9.53 Å². The number of methoxy groups -OCH3 is 1. The van der Waals surface area contributed by atoms with Gasteiger partial charge in [-0.2, -0.15) is 0 Å². The van der Waals surface area contributed by atoms with Gasteiger partial charge in [0.2, 0.25) is 5.91 Å². The number of hydrogen-bond acceptors (Lipinski definition) is 3. The third-order valence-electron chi connectivity index (χ3n) is 6.12. The van der Waals surface area contributed by atoms with Gasteiger partial charge in [0.25, 0.3) is 0 Å². The van der Waals surface area contributed by atoms with Crippen LogP contribution >= 0.6 is 0 Å². The van der Waals surface area contributed by atoms with E-state index in [0.29, 0.717) is 6.42 Å². The molecule has 3 rings (SSSR count). The largest absolute Gasteiger partial charge is 0.497 e. The maximum absolute atomic E-state index is 12.5. The molecule has 1 aliphatic heterocycles. The van der Waals surface area contributed by atoms with Crippen LogP contribution in [0.4, 0.5) is 0 Å². The Morgan fingerprint density at radius 3 is 2.64 bits per heavy atom. The van der Waals surface area contributed by atoms with Crippen LogP contribution in [0.15, 0.2) is 48.5 Å². The van der Waals surface area contributed by atoms with Gasteiger partial charge in [0.05, 0.1) is 13.3 Å². The lowest BCUT2D eigenvalue weighted by molar-refractivity contribution is -0.135. The second-order valence-corrected chi connectivity index (χ2v) is 8.38. The van der Waals surface area contributed by atoms with E-state index >= 15 is 0 Å². The average Bonchev–Trinajstić information content (AvgIpc) is 2.71. The zero-order chi connectivity index (χ0) is 20.1. The highest BCUT2D eigenvalue weighted by molar-refractivity contribution is 5.77. The molecule has 0 aromatic heterocycles. The predicted molar refractivity (Wildman–Crippen MR) is 114 cm³/mol. The summed E-state index contributed by atoms with van der Waals surface area (Å²) in [5, 5.41) is 0. The second kappa shape index (κ2) is 8.78. The monoisotopic (exact) mass is 380 g/mol. The first kappa shape index (κ1) is 20.4. The van der Waals surface area contributed by atoms with Crippen LogP contribution in [0.3, 0.4) is 0 Å². The number of hydrogen-bond donors (Lipinski definition) is 1. The van der Waals surface area contributed by atoms with E-state index in [1.54, 1.807) is 12.0 Å². The van der Waals surface area contributed by atoms with Gasteiger partial charge in [-0.25, -0.2) is 0 Å². The number of carbonyl (C=O) groups is 1. The highest BCUT2D eigenvalue weighted by atomic mass is 16.5. The number of aryl methyl sites for hydroxylation is 1. The summed E-state index contributed by atoms with van der Waals surface area (Å²) in [4.78, 5) is 14.3. The van der Waals surface area contributed by atoms with Crippen molar-refractivity contribution in [1.82, 2.24) is 4.90 Å². The average molecular weight is 381 g/mol. The normalized spacial score (nSPS) is 23.2. The van der Waals surface area contributed by atoms with E-state index in [1.165, 1.54) is 16.7 Å². The Hall–Kier alpha value is -2.33. The van der Waals surface area contributed by atoms with Crippen molar-refractivity contribution in [2.45, 2.75) is 51.6 Å². The zero-order valence-electron chi connectivity index (χ0n) is 17.3. The third-order valence-corrected chi connectivity index (χ3v) is 6.12. The molecule has 28 heavy (non-hydrogen) atoms. The van der Waals surface area contributed by atoms with Crippen LogP contribution in [-0.4, -0.2) is 31.1 Å². The molecule has 0 bridgehead atoms. The minimum Gasteiger partial charge on any atom is -0.497 e. The molecule has 150 valence electrons. The number of amides is 1. The van der Waals surface area contributed by atoms with Gasteiger partial charge in [-0.15, -0.1) is 0 Å². The van der Waals surface area contributed by atoms with Crippen LogP contribution in [0.1, 0.15) is 44.6 Å². The molecule has 1 heterocycles. The first-order chi connectivity index (χ1) is 13.4. The number of ether oxygens (including phenoxy) is 1. The van der Waals surface area contributed by atoms with Gasteiger partial charge in [-0.3, -0.25) is 4.79 Å². The lowest BCUT2D eigenvalue weighted by atomic mass is 9.75. The van der Waals surface area contributed by atoms with E-state index in [9.17, 15) is 4.79 Å². The van der Waals surface area contributed by atoms with Crippen molar-refractivity contribution in [2.75, 3.05) is 14.2 Å². The summed E-state index contributed by atoms with van der Waals surface area (Å²) < 4.78 is 5.25. The molecule has 0 saturated carbocycles. The molecular formula is C24H32N2O2. The maximum atomic E-state index is 12.5. The van der Waals surface area contributed by atoms with E-state index in [1.807, 2.05) is 19.2 Å². The van der Waals surface area contributed by atoms with Crippen LogP contribution in [0.25, 0.3) is 11.1 Å². The Labute approximate surface area is 168 Å². The fourth-order valence-electron chi connectivity index (χ4n) is 4.04. The van der Waals surface area contributed by atoms with Gasteiger partial charge in [0.15, 0.2) is 0 Å². The van der Waals surface area contributed by atoms with E-state index in [0.717, 1.165) is 37.9 Å². The van der Waals surface area contributed by atoms with Crippen molar-refractivity contribution in [3.8, 4) is 16.9 Å². The van der Waals surface area contributed by atoms with Crippen molar-refractivity contribution in [1.29, 1.82) is 0 Å². The molecule has 2 aromatic rings. The number of nitrogens with two attached hydrogens (primary N) is 1. The van der Waals surface area contributed by atoms with Gasteiger partial charge in [-0.05, 0) is 66.3 Å². The fourth-order valence-corrected chi connectivity index (χ4v) is 4.04. The van der Waals surface area contributed by atoms with Crippen molar-refractivity contribution in [3.63, 3.8) is 0 Å². The Kier molecular flexibility index (Phi) is 6.40. The van der Waals surface area contributed by atoms with E-state index in [-0.39, 0.29) is 17.5 Å². The second-order valence-electron chi connectivity index (χ2n) is 8.38. The molecule has 2 unspecified atom stereocenters. The molecule has 4 heteroatoms. The Balaban J connectivity index is 1.69. The van der Waals surface area contributed by atoms with Crippen LogP contribution < -0.4 is 10.5 Å². The maximum Gasteiger partial charge on any atom is 0.224 e. The summed E-state index contributed by atoms with van der Waals surface area (Å²) in [6.45, 7) is 2.25. The highest BCUT2D eigenvalue weighted by Gasteiger charge is 2.32. The topological polar surface area (TPSA) is 55.6 Å². The van der Waals surface area contributed by atoms with Gasteiger partial charge < -0.3 is 15.4 Å². The molecule has 0 aliphatic carbocycles. The quantitative estimate of drug-likeness (QED) is 0.823. The molecule has 2 aromatic carbocycles. The molecule has 1 aliphatic rings. The van der Waals surface area contributed by atoms with Crippen molar-refractivity contribution in [3.05, 3.63) is 54.1 Å². The number of rotatable bonds is 5. The number of nitrogens with zero attached hydrogens (tertiary/aromatic N) is 1. The van der Waals surface area contributed by atoms with Gasteiger partial charge >= 0.3 is 0 Å². The zero-order valence-corrected chi connectivity index (χ0v) is 17.3. The number of likely N-dealkylation sites (tertiary alicyclic amines) is 1. The minimum atomic E-state index is -0.141. The van der Waals surface area contributed by atoms with Crippen LogP contribution in [-0.2, 0) is 11.2 Å². The van der Waals surface area contributed by atoms with Crippen molar-refractivity contribution >= 4 is 5.91 Å². The summed E-state index contributed by atoms with van der Waals surface area (Å²) >= 11 is 0. The summed E-state index contributed by atoms with van der Waals surface area (Å²) in [5.74, 6) is 1.04. The van der Waals surface area contributed by atoms with Gasteiger partial charge in [0, 0.05) is 13.5 Å². The smallest absolute Gasteiger partial charge is 0.224 e. The molecule has 0 spiro atoms. The van der Waals surface area contributed by atoms with Gasteiger partial charge in [-0.1, -0.05) is 43.3 Å². The lowest BCUT2D eigenvalue weighted by Crippen LogP contribution is -2.46. The summed E-state index contributed by atoms with van der Waals surface area (Å²) in [6.07, 6.45) is 5.43. The molecule has 2 atom stereocenters.